The van der Waals surface area contributed by atoms with E-state index in [1.165, 1.54) is 0 Å². The standard InChI is InChI=1S/C21H20BrN3O4/c22-14-11-18-19(28-10-9-27-18)12-16(14)23-20(26)13-5-7-25(8-6-13)21-24-15-3-1-2-4-17(15)29-21/h1-4,11-13H,5-10H2,(H,23,26). The molecule has 29 heavy (non-hydrogen) atoms. The van der Waals surface area contributed by atoms with Gasteiger partial charge in [-0.05, 0) is 40.9 Å². The molecule has 8 heteroatoms. The van der Waals surface area contributed by atoms with Crippen molar-refractivity contribution < 1.29 is 18.7 Å². The van der Waals surface area contributed by atoms with Crippen molar-refractivity contribution in [3.8, 4) is 11.5 Å². The van der Waals surface area contributed by atoms with E-state index in [0.717, 1.165) is 41.5 Å². The maximum atomic E-state index is 12.8. The Morgan fingerprint density at radius 2 is 1.83 bits per heavy atom. The summed E-state index contributed by atoms with van der Waals surface area (Å²) in [5, 5.41) is 3.03. The lowest BCUT2D eigenvalue weighted by molar-refractivity contribution is -0.120. The Hall–Kier alpha value is -2.74. The number of hydrogen-bond donors (Lipinski definition) is 1. The number of rotatable bonds is 3. The van der Waals surface area contributed by atoms with Crippen molar-refractivity contribution in [3.05, 3.63) is 40.9 Å². The Morgan fingerprint density at radius 1 is 1.10 bits per heavy atom. The normalized spacial score (nSPS) is 16.8. The van der Waals surface area contributed by atoms with E-state index in [4.69, 9.17) is 13.9 Å². The molecule has 150 valence electrons. The van der Waals surface area contributed by atoms with Crippen LogP contribution in [0.3, 0.4) is 0 Å². The first-order valence-corrected chi connectivity index (χ1v) is 10.5. The number of fused-ring (bicyclic) bond motifs is 2. The van der Waals surface area contributed by atoms with E-state index < -0.39 is 0 Å². The van der Waals surface area contributed by atoms with Crippen LogP contribution >= 0.6 is 15.9 Å². The quantitative estimate of drug-likeness (QED) is 0.634. The predicted octanol–water partition coefficient (Wildman–Crippen LogP) is 4.22. The molecular formula is C21H20BrN3O4. The van der Waals surface area contributed by atoms with Gasteiger partial charge in [0.25, 0.3) is 6.01 Å². The number of aromatic nitrogens is 1. The number of oxazole rings is 1. The van der Waals surface area contributed by atoms with Gasteiger partial charge in [0, 0.05) is 35.6 Å². The Morgan fingerprint density at radius 3 is 2.59 bits per heavy atom. The van der Waals surface area contributed by atoms with Crippen LogP contribution in [-0.4, -0.2) is 37.2 Å². The van der Waals surface area contributed by atoms with Crippen LogP contribution in [-0.2, 0) is 4.79 Å². The minimum Gasteiger partial charge on any atom is -0.486 e. The van der Waals surface area contributed by atoms with Crippen LogP contribution in [0, 0.1) is 5.92 Å². The number of halogens is 1. The van der Waals surface area contributed by atoms with Crippen LogP contribution in [0.5, 0.6) is 11.5 Å². The van der Waals surface area contributed by atoms with Crippen LogP contribution in [0.1, 0.15) is 12.8 Å². The molecule has 1 saturated heterocycles. The lowest BCUT2D eigenvalue weighted by Gasteiger charge is -2.30. The van der Waals surface area contributed by atoms with Gasteiger partial charge in [-0.3, -0.25) is 4.79 Å². The van der Waals surface area contributed by atoms with Crippen LogP contribution in [0.4, 0.5) is 11.7 Å². The Labute approximate surface area is 176 Å². The van der Waals surface area contributed by atoms with Crippen molar-refractivity contribution in [2.75, 3.05) is 36.5 Å². The van der Waals surface area contributed by atoms with Crippen molar-refractivity contribution in [2.45, 2.75) is 12.8 Å². The zero-order valence-corrected chi connectivity index (χ0v) is 17.3. The average Bonchev–Trinajstić information content (AvgIpc) is 3.19. The summed E-state index contributed by atoms with van der Waals surface area (Å²) >= 11 is 3.51. The number of ether oxygens (including phenoxy) is 2. The molecule has 5 rings (SSSR count). The molecule has 0 atom stereocenters. The zero-order valence-electron chi connectivity index (χ0n) is 15.7. The fraction of sp³-hybridized carbons (Fsp3) is 0.333. The first-order chi connectivity index (χ1) is 14.2. The molecule has 0 bridgehead atoms. The highest BCUT2D eigenvalue weighted by Gasteiger charge is 2.28. The number of carbonyl (C=O) groups excluding carboxylic acids is 1. The van der Waals surface area contributed by atoms with E-state index in [0.29, 0.717) is 36.4 Å². The van der Waals surface area contributed by atoms with Gasteiger partial charge in [0.15, 0.2) is 17.1 Å². The molecule has 2 aliphatic rings. The van der Waals surface area contributed by atoms with Gasteiger partial charge >= 0.3 is 0 Å². The summed E-state index contributed by atoms with van der Waals surface area (Å²) < 4.78 is 17.8. The minimum absolute atomic E-state index is 0.0135. The van der Waals surface area contributed by atoms with Crippen molar-refractivity contribution in [2.24, 2.45) is 5.92 Å². The molecule has 2 aromatic carbocycles. The first-order valence-electron chi connectivity index (χ1n) is 9.68. The van der Waals surface area contributed by atoms with E-state index in [2.05, 4.69) is 31.1 Å². The van der Waals surface area contributed by atoms with Gasteiger partial charge in [-0.1, -0.05) is 12.1 Å². The number of benzene rings is 2. The van der Waals surface area contributed by atoms with Crippen molar-refractivity contribution >= 4 is 44.6 Å². The highest BCUT2D eigenvalue weighted by molar-refractivity contribution is 9.10. The molecular weight excluding hydrogens is 438 g/mol. The number of amides is 1. The second-order valence-corrected chi connectivity index (χ2v) is 8.04. The summed E-state index contributed by atoms with van der Waals surface area (Å²) in [7, 11) is 0. The number of nitrogens with one attached hydrogen (secondary N) is 1. The third-order valence-electron chi connectivity index (χ3n) is 5.31. The second kappa shape index (κ2) is 7.59. The van der Waals surface area contributed by atoms with E-state index >= 15 is 0 Å². The highest BCUT2D eigenvalue weighted by Crippen LogP contribution is 2.38. The maximum Gasteiger partial charge on any atom is 0.298 e. The monoisotopic (exact) mass is 457 g/mol. The molecule has 1 fully saturated rings. The topological polar surface area (TPSA) is 76.8 Å². The lowest BCUT2D eigenvalue weighted by atomic mass is 9.96. The predicted molar refractivity (Wildman–Crippen MR) is 113 cm³/mol. The van der Waals surface area contributed by atoms with E-state index in [-0.39, 0.29) is 11.8 Å². The number of anilines is 2. The molecule has 0 saturated carbocycles. The third kappa shape index (κ3) is 3.64. The summed E-state index contributed by atoms with van der Waals surface area (Å²) in [6, 6.07) is 12.0. The Balaban J connectivity index is 1.23. The molecule has 0 radical (unpaired) electrons. The van der Waals surface area contributed by atoms with Gasteiger partial charge in [-0.25, -0.2) is 0 Å². The van der Waals surface area contributed by atoms with Crippen molar-refractivity contribution in [1.82, 2.24) is 4.98 Å². The van der Waals surface area contributed by atoms with E-state index in [9.17, 15) is 4.79 Å². The SMILES string of the molecule is O=C(Nc1cc2c(cc1Br)OCCO2)C1CCN(c2nc3ccccc3o2)CC1. The van der Waals surface area contributed by atoms with Gasteiger partial charge in [-0.15, -0.1) is 0 Å². The van der Waals surface area contributed by atoms with Crippen molar-refractivity contribution in [3.63, 3.8) is 0 Å². The Bertz CT molecular complexity index is 1030. The molecule has 3 aromatic rings. The summed E-state index contributed by atoms with van der Waals surface area (Å²) in [6.07, 6.45) is 1.49. The second-order valence-electron chi connectivity index (χ2n) is 7.19. The number of nitrogens with zero attached hydrogens (tertiary/aromatic N) is 2. The Kier molecular flexibility index (Phi) is 4.79. The van der Waals surface area contributed by atoms with E-state index in [1.54, 1.807) is 0 Å². The molecule has 0 aliphatic carbocycles. The zero-order chi connectivity index (χ0) is 19.8. The summed E-state index contributed by atoms with van der Waals surface area (Å²) in [5.74, 6) is 1.30. The average molecular weight is 458 g/mol. The largest absolute Gasteiger partial charge is 0.486 e. The van der Waals surface area contributed by atoms with Gasteiger partial charge in [0.2, 0.25) is 5.91 Å². The smallest absolute Gasteiger partial charge is 0.298 e. The summed E-state index contributed by atoms with van der Waals surface area (Å²) in [6.45, 7) is 2.50. The molecule has 2 aliphatic heterocycles. The molecule has 7 nitrogen and oxygen atoms in total. The number of piperidine rings is 1. The summed E-state index contributed by atoms with van der Waals surface area (Å²) in [5.41, 5.74) is 2.33. The van der Waals surface area contributed by atoms with Crippen LogP contribution < -0.4 is 19.7 Å². The molecule has 0 spiro atoms. The van der Waals surface area contributed by atoms with E-state index in [1.807, 2.05) is 36.4 Å². The summed E-state index contributed by atoms with van der Waals surface area (Å²) in [4.78, 5) is 19.5. The molecule has 1 amide bonds. The van der Waals surface area contributed by atoms with Gasteiger partial charge < -0.3 is 24.1 Å². The van der Waals surface area contributed by atoms with Gasteiger partial charge in [0.05, 0.1) is 5.69 Å². The fourth-order valence-corrected chi connectivity index (χ4v) is 4.14. The van der Waals surface area contributed by atoms with Crippen LogP contribution in [0.25, 0.3) is 11.1 Å². The third-order valence-corrected chi connectivity index (χ3v) is 5.96. The lowest BCUT2D eigenvalue weighted by Crippen LogP contribution is -2.38. The van der Waals surface area contributed by atoms with Crippen LogP contribution in [0.2, 0.25) is 0 Å². The van der Waals surface area contributed by atoms with Gasteiger partial charge in [-0.2, -0.15) is 4.98 Å². The fourth-order valence-electron chi connectivity index (χ4n) is 3.72. The molecule has 1 aromatic heterocycles. The molecule has 3 heterocycles. The number of hydrogen-bond acceptors (Lipinski definition) is 6. The van der Waals surface area contributed by atoms with Gasteiger partial charge in [0.1, 0.15) is 18.7 Å². The first kappa shape index (κ1) is 18.3. The maximum absolute atomic E-state index is 12.8. The minimum atomic E-state index is -0.0595. The van der Waals surface area contributed by atoms with Crippen LogP contribution in [0.15, 0.2) is 45.3 Å². The number of para-hydroxylation sites is 2. The molecule has 0 unspecified atom stereocenters. The number of carbonyl (C=O) groups is 1. The van der Waals surface area contributed by atoms with Crippen molar-refractivity contribution in [1.29, 1.82) is 0 Å². The highest BCUT2D eigenvalue weighted by atomic mass is 79.9. The molecule has 1 N–H and O–H groups in total.